The average Bonchev–Trinajstić information content (AvgIpc) is 2.08. The van der Waals surface area contributed by atoms with Crippen molar-refractivity contribution >= 4 is 5.91 Å². The maximum atomic E-state index is 12.5. The topological polar surface area (TPSA) is 55.6 Å². The molecule has 1 unspecified atom stereocenters. The van der Waals surface area contributed by atoms with Crippen molar-refractivity contribution in [2.75, 3.05) is 13.1 Å². The van der Waals surface area contributed by atoms with Gasteiger partial charge in [0.15, 0.2) is 0 Å². The quantitative estimate of drug-likeness (QED) is 0.866. The fraction of sp³-hybridized carbons (Fsp3) is 0.938. The largest absolute Gasteiger partial charge is 0.366 e. The van der Waals surface area contributed by atoms with Crippen molar-refractivity contribution < 1.29 is 9.53 Å². The second-order valence-electron chi connectivity index (χ2n) is 8.60. The highest BCUT2D eigenvalue weighted by Gasteiger charge is 2.40. The number of carbonyl (C=O) groups excluding carboxylic acids is 1. The first-order chi connectivity index (χ1) is 8.80. The zero-order valence-corrected chi connectivity index (χ0v) is 14.2. The van der Waals surface area contributed by atoms with Crippen molar-refractivity contribution in [2.24, 2.45) is 11.1 Å². The van der Waals surface area contributed by atoms with E-state index >= 15 is 0 Å². The van der Waals surface area contributed by atoms with Crippen LogP contribution in [0.3, 0.4) is 0 Å². The van der Waals surface area contributed by atoms with E-state index in [-0.39, 0.29) is 28.6 Å². The molecule has 4 heteroatoms. The molecule has 118 valence electrons. The molecule has 20 heavy (non-hydrogen) atoms. The Morgan fingerprint density at radius 1 is 1.20 bits per heavy atom. The summed E-state index contributed by atoms with van der Waals surface area (Å²) in [5.41, 5.74) is 5.68. The molecule has 0 aliphatic carbocycles. The molecule has 4 nitrogen and oxygen atoms in total. The zero-order chi connectivity index (χ0) is 15.8. The summed E-state index contributed by atoms with van der Waals surface area (Å²) in [6.07, 6.45) is 1.28. The number of nitrogens with two attached hydrogens (primary N) is 1. The first-order valence-electron chi connectivity index (χ1n) is 7.53. The molecular formula is C16H32N2O2. The predicted octanol–water partition coefficient (Wildman–Crippen LogP) is 2.56. The van der Waals surface area contributed by atoms with Gasteiger partial charge >= 0.3 is 0 Å². The fourth-order valence-corrected chi connectivity index (χ4v) is 3.18. The molecule has 0 aromatic heterocycles. The molecule has 0 aromatic carbocycles. The van der Waals surface area contributed by atoms with E-state index in [9.17, 15) is 4.79 Å². The van der Waals surface area contributed by atoms with E-state index in [4.69, 9.17) is 10.5 Å². The molecule has 0 bridgehead atoms. The SMILES string of the molecule is CC(C)(C)CC(N)CC(=O)N1CC(C)(C)OC(C)(C)C1. The monoisotopic (exact) mass is 284 g/mol. The summed E-state index contributed by atoms with van der Waals surface area (Å²) >= 11 is 0. The van der Waals surface area contributed by atoms with E-state index in [1.165, 1.54) is 0 Å². The smallest absolute Gasteiger partial charge is 0.224 e. The Morgan fingerprint density at radius 3 is 2.05 bits per heavy atom. The molecular weight excluding hydrogens is 252 g/mol. The van der Waals surface area contributed by atoms with Crippen LogP contribution in [0, 0.1) is 5.41 Å². The average molecular weight is 284 g/mol. The van der Waals surface area contributed by atoms with Crippen LogP contribution < -0.4 is 5.73 Å². The second-order valence-corrected chi connectivity index (χ2v) is 8.60. The van der Waals surface area contributed by atoms with E-state index in [1.54, 1.807) is 0 Å². The molecule has 1 heterocycles. The van der Waals surface area contributed by atoms with Gasteiger partial charge in [-0.3, -0.25) is 4.79 Å². The third kappa shape index (κ3) is 5.80. The summed E-state index contributed by atoms with van der Waals surface area (Å²) in [5.74, 6) is 0.145. The number of hydrogen-bond acceptors (Lipinski definition) is 3. The lowest BCUT2D eigenvalue weighted by molar-refractivity contribution is -0.188. The predicted molar refractivity (Wildman–Crippen MR) is 82.5 cm³/mol. The Kier molecular flexibility index (Phi) is 4.92. The van der Waals surface area contributed by atoms with Gasteiger partial charge in [0.2, 0.25) is 5.91 Å². The van der Waals surface area contributed by atoms with Crippen LogP contribution in [0.15, 0.2) is 0 Å². The van der Waals surface area contributed by atoms with Crippen molar-refractivity contribution in [3.8, 4) is 0 Å². The number of morpholine rings is 1. The summed E-state index contributed by atoms with van der Waals surface area (Å²) < 4.78 is 6.00. The van der Waals surface area contributed by atoms with Crippen molar-refractivity contribution in [2.45, 2.75) is 78.6 Å². The molecule has 0 spiro atoms. The third-order valence-electron chi connectivity index (χ3n) is 3.36. The van der Waals surface area contributed by atoms with E-state index < -0.39 is 0 Å². The summed E-state index contributed by atoms with van der Waals surface area (Å²) in [5, 5.41) is 0. The summed E-state index contributed by atoms with van der Waals surface area (Å²) in [6.45, 7) is 15.9. The van der Waals surface area contributed by atoms with Gasteiger partial charge in [-0.2, -0.15) is 0 Å². The van der Waals surface area contributed by atoms with Crippen LogP contribution in [0.25, 0.3) is 0 Å². The third-order valence-corrected chi connectivity index (χ3v) is 3.36. The van der Waals surface area contributed by atoms with Crippen LogP contribution in [-0.4, -0.2) is 41.1 Å². The normalized spacial score (nSPS) is 23.5. The van der Waals surface area contributed by atoms with E-state index in [2.05, 4.69) is 20.8 Å². The molecule has 1 atom stereocenters. The first-order valence-corrected chi connectivity index (χ1v) is 7.53. The molecule has 1 amide bonds. The van der Waals surface area contributed by atoms with Crippen LogP contribution in [0.1, 0.15) is 61.3 Å². The first kappa shape index (κ1) is 17.4. The number of ether oxygens (including phenoxy) is 1. The van der Waals surface area contributed by atoms with Crippen LogP contribution >= 0.6 is 0 Å². The van der Waals surface area contributed by atoms with Crippen LogP contribution in [-0.2, 0) is 9.53 Å². The molecule has 0 aromatic rings. The summed E-state index contributed by atoms with van der Waals surface area (Å²) in [6, 6.07) is -0.0726. The minimum Gasteiger partial charge on any atom is -0.366 e. The summed E-state index contributed by atoms with van der Waals surface area (Å²) in [4.78, 5) is 14.4. The summed E-state index contributed by atoms with van der Waals surface area (Å²) in [7, 11) is 0. The lowest BCUT2D eigenvalue weighted by Gasteiger charge is -2.47. The van der Waals surface area contributed by atoms with Crippen LogP contribution in [0.2, 0.25) is 0 Å². The Hall–Kier alpha value is -0.610. The van der Waals surface area contributed by atoms with Crippen molar-refractivity contribution in [1.82, 2.24) is 4.90 Å². The zero-order valence-electron chi connectivity index (χ0n) is 14.2. The van der Waals surface area contributed by atoms with Gasteiger partial charge in [-0.05, 0) is 39.5 Å². The second kappa shape index (κ2) is 5.64. The molecule has 0 saturated carbocycles. The maximum absolute atomic E-state index is 12.5. The van der Waals surface area contributed by atoms with E-state index in [0.717, 1.165) is 6.42 Å². The maximum Gasteiger partial charge on any atom is 0.224 e. The van der Waals surface area contributed by atoms with Gasteiger partial charge in [-0.15, -0.1) is 0 Å². The van der Waals surface area contributed by atoms with E-state index in [0.29, 0.717) is 19.5 Å². The minimum absolute atomic E-state index is 0.0726. The number of hydrogen-bond donors (Lipinski definition) is 1. The Bertz CT molecular complexity index is 340. The standard InChI is InChI=1S/C16H32N2O2/c1-14(2,3)9-12(17)8-13(19)18-10-15(4,5)20-16(6,7)11-18/h12H,8-11,17H2,1-7H3. The van der Waals surface area contributed by atoms with Crippen LogP contribution in [0.4, 0.5) is 0 Å². The fourth-order valence-electron chi connectivity index (χ4n) is 3.18. The van der Waals surface area contributed by atoms with Crippen LogP contribution in [0.5, 0.6) is 0 Å². The number of nitrogens with zero attached hydrogens (tertiary/aromatic N) is 1. The molecule has 1 aliphatic rings. The number of carbonyl (C=O) groups is 1. The molecule has 1 aliphatic heterocycles. The Labute approximate surface area is 124 Å². The molecule has 1 rings (SSSR count). The van der Waals surface area contributed by atoms with Gasteiger partial charge in [0, 0.05) is 25.6 Å². The van der Waals surface area contributed by atoms with Gasteiger partial charge < -0.3 is 15.4 Å². The van der Waals surface area contributed by atoms with Gasteiger partial charge in [-0.25, -0.2) is 0 Å². The lowest BCUT2D eigenvalue weighted by atomic mass is 9.87. The van der Waals surface area contributed by atoms with Gasteiger partial charge in [-0.1, -0.05) is 20.8 Å². The van der Waals surface area contributed by atoms with Crippen molar-refractivity contribution in [1.29, 1.82) is 0 Å². The van der Waals surface area contributed by atoms with Gasteiger partial charge in [0.05, 0.1) is 11.2 Å². The molecule has 1 saturated heterocycles. The Balaban J connectivity index is 2.63. The lowest BCUT2D eigenvalue weighted by Crippen LogP contribution is -2.59. The number of rotatable bonds is 3. The molecule has 0 radical (unpaired) electrons. The van der Waals surface area contributed by atoms with Crippen molar-refractivity contribution in [3.05, 3.63) is 0 Å². The molecule has 1 fully saturated rings. The van der Waals surface area contributed by atoms with Gasteiger partial charge in [0.25, 0.3) is 0 Å². The minimum atomic E-state index is -0.300. The Morgan fingerprint density at radius 2 is 1.65 bits per heavy atom. The highest BCUT2D eigenvalue weighted by molar-refractivity contribution is 5.77. The van der Waals surface area contributed by atoms with E-state index in [1.807, 2.05) is 32.6 Å². The number of amides is 1. The highest BCUT2D eigenvalue weighted by atomic mass is 16.5. The van der Waals surface area contributed by atoms with Crippen molar-refractivity contribution in [3.63, 3.8) is 0 Å². The van der Waals surface area contributed by atoms with Gasteiger partial charge in [0.1, 0.15) is 0 Å². The molecule has 2 N–H and O–H groups in total. The highest BCUT2D eigenvalue weighted by Crippen LogP contribution is 2.29.